The van der Waals surface area contributed by atoms with Gasteiger partial charge in [-0.15, -0.1) is 0 Å². The quantitative estimate of drug-likeness (QED) is 0.795. The third-order valence-corrected chi connectivity index (χ3v) is 5.07. The minimum atomic E-state index is -0.967. The topological polar surface area (TPSA) is 66.8 Å². The molecule has 1 aliphatic carbocycles. The van der Waals surface area contributed by atoms with Crippen molar-refractivity contribution < 1.29 is 19.4 Å². The van der Waals surface area contributed by atoms with Gasteiger partial charge in [0.15, 0.2) is 0 Å². The Bertz CT molecular complexity index is 845. The summed E-state index contributed by atoms with van der Waals surface area (Å²) in [6.45, 7) is 0.604. The number of ether oxygens (including phenoxy) is 1. The molecule has 1 atom stereocenters. The number of carboxylic acid groups (broad SMARTS) is 1. The highest BCUT2D eigenvalue weighted by Gasteiger charge is 2.35. The highest BCUT2D eigenvalue weighted by molar-refractivity contribution is 5.81. The van der Waals surface area contributed by atoms with Crippen LogP contribution in [0.5, 0.6) is 0 Å². The molecule has 4 rings (SSSR count). The average Bonchev–Trinajstić information content (AvgIpc) is 3.24. The Kier molecular flexibility index (Phi) is 3.92. The standard InChI is InChI=1S/C20H19NO4/c22-19(23)18-9-4-10-21(18)20(24)25-12-14-6-3-8-16-15-7-2-1-5-13(15)11-17(14)16/h1-3,5-8,18H,4,9-12H2,(H,22,23)/t18-/m0/s1. The number of carboxylic acids is 1. The van der Waals surface area contributed by atoms with E-state index in [2.05, 4.69) is 18.2 Å². The van der Waals surface area contributed by atoms with Crippen LogP contribution in [-0.4, -0.2) is 34.7 Å². The summed E-state index contributed by atoms with van der Waals surface area (Å²) in [5, 5.41) is 9.20. The van der Waals surface area contributed by atoms with Crippen molar-refractivity contribution in [1.82, 2.24) is 4.90 Å². The number of hydrogen-bond donors (Lipinski definition) is 1. The molecule has 1 fully saturated rings. The van der Waals surface area contributed by atoms with Crippen molar-refractivity contribution in [3.63, 3.8) is 0 Å². The second kappa shape index (κ2) is 6.24. The summed E-state index contributed by atoms with van der Waals surface area (Å²) in [5.74, 6) is -0.967. The number of amides is 1. The van der Waals surface area contributed by atoms with E-state index >= 15 is 0 Å². The Morgan fingerprint density at radius 2 is 1.92 bits per heavy atom. The Morgan fingerprint density at radius 1 is 1.12 bits per heavy atom. The van der Waals surface area contributed by atoms with Gasteiger partial charge in [0.2, 0.25) is 0 Å². The number of rotatable bonds is 3. The van der Waals surface area contributed by atoms with Crippen molar-refractivity contribution in [2.75, 3.05) is 6.54 Å². The third kappa shape index (κ3) is 2.76. The molecule has 0 unspecified atom stereocenters. The molecule has 1 N–H and O–H groups in total. The van der Waals surface area contributed by atoms with E-state index in [0.717, 1.165) is 12.0 Å². The molecule has 1 saturated heterocycles. The van der Waals surface area contributed by atoms with Crippen molar-refractivity contribution in [3.05, 3.63) is 59.2 Å². The Balaban J connectivity index is 1.50. The molecule has 128 valence electrons. The monoisotopic (exact) mass is 337 g/mol. The molecule has 0 aromatic heterocycles. The third-order valence-electron chi connectivity index (χ3n) is 5.07. The summed E-state index contributed by atoms with van der Waals surface area (Å²) in [7, 11) is 0. The second-order valence-corrected chi connectivity index (χ2v) is 6.52. The molecule has 25 heavy (non-hydrogen) atoms. The molecule has 1 amide bonds. The number of carbonyl (C=O) groups is 2. The number of nitrogens with zero attached hydrogens (tertiary/aromatic N) is 1. The number of fused-ring (bicyclic) bond motifs is 3. The van der Waals surface area contributed by atoms with Crippen LogP contribution in [0.3, 0.4) is 0 Å². The first-order chi connectivity index (χ1) is 12.1. The van der Waals surface area contributed by atoms with Crippen molar-refractivity contribution in [2.24, 2.45) is 0 Å². The van der Waals surface area contributed by atoms with Gasteiger partial charge in [0.05, 0.1) is 0 Å². The largest absolute Gasteiger partial charge is 0.480 e. The number of likely N-dealkylation sites (tertiary alicyclic amines) is 1. The molecule has 0 saturated carbocycles. The Morgan fingerprint density at radius 3 is 2.76 bits per heavy atom. The lowest BCUT2D eigenvalue weighted by Gasteiger charge is -2.21. The van der Waals surface area contributed by atoms with Gasteiger partial charge in [-0.05, 0) is 47.1 Å². The van der Waals surface area contributed by atoms with Gasteiger partial charge < -0.3 is 9.84 Å². The first-order valence-corrected chi connectivity index (χ1v) is 8.50. The molecule has 1 aliphatic heterocycles. The molecule has 0 spiro atoms. The summed E-state index contributed by atoms with van der Waals surface area (Å²) >= 11 is 0. The highest BCUT2D eigenvalue weighted by atomic mass is 16.6. The van der Waals surface area contributed by atoms with Gasteiger partial charge in [-0.2, -0.15) is 0 Å². The normalized spacial score (nSPS) is 17.9. The van der Waals surface area contributed by atoms with Crippen LogP contribution in [0.4, 0.5) is 4.79 Å². The Labute approximate surface area is 145 Å². The number of benzene rings is 2. The van der Waals surface area contributed by atoms with Crippen LogP contribution in [0.15, 0.2) is 42.5 Å². The maximum Gasteiger partial charge on any atom is 0.410 e. The van der Waals surface area contributed by atoms with Gasteiger partial charge in [0, 0.05) is 6.54 Å². The molecule has 2 aromatic carbocycles. The van der Waals surface area contributed by atoms with E-state index in [1.54, 1.807) is 0 Å². The second-order valence-electron chi connectivity index (χ2n) is 6.52. The van der Waals surface area contributed by atoms with Crippen molar-refractivity contribution in [2.45, 2.75) is 31.9 Å². The zero-order valence-corrected chi connectivity index (χ0v) is 13.8. The van der Waals surface area contributed by atoms with Crippen LogP contribution in [0.1, 0.15) is 29.5 Å². The van der Waals surface area contributed by atoms with Crippen molar-refractivity contribution >= 4 is 12.1 Å². The van der Waals surface area contributed by atoms with Crippen LogP contribution < -0.4 is 0 Å². The Hall–Kier alpha value is -2.82. The van der Waals surface area contributed by atoms with Gasteiger partial charge in [-0.1, -0.05) is 42.5 Å². The summed E-state index contributed by atoms with van der Waals surface area (Å²) < 4.78 is 5.44. The number of aliphatic carboxylic acids is 1. The van der Waals surface area contributed by atoms with Crippen LogP contribution >= 0.6 is 0 Å². The van der Waals surface area contributed by atoms with Crippen LogP contribution in [0.25, 0.3) is 11.1 Å². The molecular formula is C20H19NO4. The minimum Gasteiger partial charge on any atom is -0.480 e. The lowest BCUT2D eigenvalue weighted by Crippen LogP contribution is -2.40. The maximum atomic E-state index is 12.3. The maximum absolute atomic E-state index is 12.3. The molecule has 2 aliphatic rings. The van der Waals surface area contributed by atoms with Crippen LogP contribution in [0, 0.1) is 0 Å². The molecule has 5 nitrogen and oxygen atoms in total. The lowest BCUT2D eigenvalue weighted by atomic mass is 10.0. The molecule has 0 bridgehead atoms. The van der Waals surface area contributed by atoms with Gasteiger partial charge in [-0.25, -0.2) is 9.59 Å². The summed E-state index contributed by atoms with van der Waals surface area (Å²) in [4.78, 5) is 24.8. The minimum absolute atomic E-state index is 0.166. The first kappa shape index (κ1) is 15.7. The van der Waals surface area contributed by atoms with Crippen molar-refractivity contribution in [1.29, 1.82) is 0 Å². The lowest BCUT2D eigenvalue weighted by molar-refractivity contribution is -0.141. The summed E-state index contributed by atoms with van der Waals surface area (Å²) in [5.41, 5.74) is 5.87. The zero-order valence-electron chi connectivity index (χ0n) is 13.8. The van der Waals surface area contributed by atoms with E-state index in [0.29, 0.717) is 19.4 Å². The van der Waals surface area contributed by atoms with Crippen LogP contribution in [-0.2, 0) is 22.6 Å². The van der Waals surface area contributed by atoms with E-state index in [-0.39, 0.29) is 6.61 Å². The predicted molar refractivity (Wildman–Crippen MR) is 92.2 cm³/mol. The van der Waals surface area contributed by atoms with Crippen LogP contribution in [0.2, 0.25) is 0 Å². The van der Waals surface area contributed by atoms with E-state index < -0.39 is 18.1 Å². The van der Waals surface area contributed by atoms with E-state index in [4.69, 9.17) is 4.74 Å². The average molecular weight is 337 g/mol. The SMILES string of the molecule is O=C(O)[C@@H]1CCCN1C(=O)OCc1cccc2c1Cc1ccccc1-2. The fourth-order valence-corrected chi connectivity index (χ4v) is 3.82. The van der Waals surface area contributed by atoms with Gasteiger partial charge in [-0.3, -0.25) is 4.90 Å². The fraction of sp³-hybridized carbons (Fsp3) is 0.300. The van der Waals surface area contributed by atoms with Gasteiger partial charge >= 0.3 is 12.1 Å². The van der Waals surface area contributed by atoms with E-state index in [1.165, 1.54) is 27.2 Å². The molecule has 0 radical (unpaired) electrons. The predicted octanol–water partition coefficient (Wildman–Crippen LogP) is 3.44. The smallest absolute Gasteiger partial charge is 0.410 e. The van der Waals surface area contributed by atoms with Crippen molar-refractivity contribution in [3.8, 4) is 11.1 Å². The molecule has 2 aromatic rings. The number of hydrogen-bond acceptors (Lipinski definition) is 3. The van der Waals surface area contributed by atoms with E-state index in [1.807, 2.05) is 24.3 Å². The summed E-state index contributed by atoms with van der Waals surface area (Å²) in [6, 6.07) is 13.6. The fourth-order valence-electron chi connectivity index (χ4n) is 3.82. The highest BCUT2D eigenvalue weighted by Crippen LogP contribution is 2.38. The zero-order chi connectivity index (χ0) is 17.4. The van der Waals surface area contributed by atoms with Gasteiger partial charge in [0.1, 0.15) is 12.6 Å². The molecular weight excluding hydrogens is 318 g/mol. The first-order valence-electron chi connectivity index (χ1n) is 8.50. The van der Waals surface area contributed by atoms with E-state index in [9.17, 15) is 14.7 Å². The van der Waals surface area contributed by atoms with Gasteiger partial charge in [0.25, 0.3) is 0 Å². The summed E-state index contributed by atoms with van der Waals surface area (Å²) in [6.07, 6.45) is 1.47. The molecule has 5 heteroatoms. The molecule has 1 heterocycles. The number of carbonyl (C=O) groups excluding carboxylic acids is 1.